The SMILES string of the molecule is CC(C)CNC(=O)CNC1CC(NC(=O)OC(C)(C)C)C1. The van der Waals surface area contributed by atoms with E-state index in [0.29, 0.717) is 19.0 Å². The molecule has 1 aliphatic rings. The molecule has 0 aromatic heterocycles. The monoisotopic (exact) mass is 299 g/mol. The summed E-state index contributed by atoms with van der Waals surface area (Å²) < 4.78 is 5.20. The Hall–Kier alpha value is -1.30. The summed E-state index contributed by atoms with van der Waals surface area (Å²) in [6, 6.07) is 0.422. The maximum absolute atomic E-state index is 11.6. The molecule has 0 heterocycles. The average Bonchev–Trinajstić information content (AvgIpc) is 2.26. The van der Waals surface area contributed by atoms with Crippen molar-refractivity contribution in [1.29, 1.82) is 0 Å². The molecule has 0 aromatic carbocycles. The minimum absolute atomic E-state index is 0.0206. The van der Waals surface area contributed by atoms with Crippen molar-refractivity contribution in [2.45, 2.75) is 65.1 Å². The predicted molar refractivity (Wildman–Crippen MR) is 82.0 cm³/mol. The molecule has 1 saturated carbocycles. The van der Waals surface area contributed by atoms with Crippen molar-refractivity contribution >= 4 is 12.0 Å². The summed E-state index contributed by atoms with van der Waals surface area (Å²) in [7, 11) is 0. The van der Waals surface area contributed by atoms with Crippen molar-refractivity contribution in [2.75, 3.05) is 13.1 Å². The van der Waals surface area contributed by atoms with Crippen molar-refractivity contribution < 1.29 is 14.3 Å². The van der Waals surface area contributed by atoms with E-state index in [4.69, 9.17) is 4.74 Å². The maximum Gasteiger partial charge on any atom is 0.407 e. The lowest BCUT2D eigenvalue weighted by Crippen LogP contribution is -2.54. The summed E-state index contributed by atoms with van der Waals surface area (Å²) in [6.07, 6.45) is 1.29. The van der Waals surface area contributed by atoms with Gasteiger partial charge in [-0.05, 0) is 39.5 Å². The van der Waals surface area contributed by atoms with Crippen LogP contribution in [0.5, 0.6) is 0 Å². The van der Waals surface area contributed by atoms with Crippen LogP contribution in [0.3, 0.4) is 0 Å². The zero-order valence-electron chi connectivity index (χ0n) is 13.8. The van der Waals surface area contributed by atoms with Gasteiger partial charge >= 0.3 is 6.09 Å². The van der Waals surface area contributed by atoms with E-state index in [-0.39, 0.29) is 24.1 Å². The summed E-state index contributed by atoms with van der Waals surface area (Å²) in [4.78, 5) is 23.1. The second-order valence-electron chi connectivity index (χ2n) is 7.09. The molecule has 0 bridgehead atoms. The second kappa shape index (κ2) is 7.64. The number of carbonyl (C=O) groups excluding carboxylic acids is 2. The van der Waals surface area contributed by atoms with Gasteiger partial charge in [-0.25, -0.2) is 4.79 Å². The van der Waals surface area contributed by atoms with Gasteiger partial charge in [-0.1, -0.05) is 13.8 Å². The van der Waals surface area contributed by atoms with E-state index in [1.54, 1.807) is 0 Å². The van der Waals surface area contributed by atoms with Gasteiger partial charge in [0.1, 0.15) is 5.60 Å². The van der Waals surface area contributed by atoms with Crippen LogP contribution in [0.2, 0.25) is 0 Å². The topological polar surface area (TPSA) is 79.5 Å². The van der Waals surface area contributed by atoms with E-state index in [1.165, 1.54) is 0 Å². The number of nitrogens with one attached hydrogen (secondary N) is 3. The molecule has 2 amide bonds. The third-order valence-corrected chi connectivity index (χ3v) is 3.12. The molecular weight excluding hydrogens is 270 g/mol. The largest absolute Gasteiger partial charge is 0.444 e. The lowest BCUT2D eigenvalue weighted by molar-refractivity contribution is -0.120. The Kier molecular flexibility index (Phi) is 6.45. The fourth-order valence-electron chi connectivity index (χ4n) is 1.99. The van der Waals surface area contributed by atoms with Crippen LogP contribution in [0, 0.1) is 5.92 Å². The highest BCUT2D eigenvalue weighted by Crippen LogP contribution is 2.20. The Morgan fingerprint density at radius 3 is 2.33 bits per heavy atom. The second-order valence-corrected chi connectivity index (χ2v) is 7.09. The minimum atomic E-state index is -0.472. The minimum Gasteiger partial charge on any atom is -0.444 e. The summed E-state index contributed by atoms with van der Waals surface area (Å²) in [5.41, 5.74) is -0.472. The summed E-state index contributed by atoms with van der Waals surface area (Å²) in [5, 5.41) is 8.88. The Bertz CT molecular complexity index is 358. The predicted octanol–water partition coefficient (Wildman–Crippen LogP) is 1.40. The van der Waals surface area contributed by atoms with Gasteiger partial charge in [0, 0.05) is 18.6 Å². The van der Waals surface area contributed by atoms with Crippen LogP contribution in [0.15, 0.2) is 0 Å². The first kappa shape index (κ1) is 17.8. The van der Waals surface area contributed by atoms with E-state index in [2.05, 4.69) is 29.8 Å². The number of amides is 2. The van der Waals surface area contributed by atoms with Crippen molar-refractivity contribution in [1.82, 2.24) is 16.0 Å². The Labute approximate surface area is 127 Å². The average molecular weight is 299 g/mol. The first-order chi connectivity index (χ1) is 9.65. The lowest BCUT2D eigenvalue weighted by atomic mass is 9.87. The molecule has 0 unspecified atom stereocenters. The van der Waals surface area contributed by atoms with Crippen molar-refractivity contribution in [3.8, 4) is 0 Å². The molecule has 1 fully saturated rings. The number of carbonyl (C=O) groups is 2. The van der Waals surface area contributed by atoms with E-state index < -0.39 is 5.60 Å². The number of hydrogen-bond donors (Lipinski definition) is 3. The number of ether oxygens (including phenoxy) is 1. The third kappa shape index (κ3) is 7.90. The van der Waals surface area contributed by atoms with Crippen LogP contribution in [-0.4, -0.2) is 42.8 Å². The van der Waals surface area contributed by atoms with Crippen molar-refractivity contribution in [2.24, 2.45) is 5.92 Å². The van der Waals surface area contributed by atoms with Gasteiger partial charge in [0.2, 0.25) is 5.91 Å². The van der Waals surface area contributed by atoms with Gasteiger partial charge in [0.25, 0.3) is 0 Å². The smallest absolute Gasteiger partial charge is 0.407 e. The highest BCUT2D eigenvalue weighted by molar-refractivity contribution is 5.78. The first-order valence-corrected chi connectivity index (χ1v) is 7.65. The van der Waals surface area contributed by atoms with Crippen molar-refractivity contribution in [3.63, 3.8) is 0 Å². The summed E-state index contributed by atoms with van der Waals surface area (Å²) in [6.45, 7) is 10.7. The summed E-state index contributed by atoms with van der Waals surface area (Å²) in [5.74, 6) is 0.479. The fourth-order valence-corrected chi connectivity index (χ4v) is 1.99. The van der Waals surface area contributed by atoms with E-state index in [9.17, 15) is 9.59 Å². The highest BCUT2D eigenvalue weighted by atomic mass is 16.6. The van der Waals surface area contributed by atoms with Crippen LogP contribution in [0.1, 0.15) is 47.5 Å². The Morgan fingerprint density at radius 1 is 1.19 bits per heavy atom. The van der Waals surface area contributed by atoms with Gasteiger partial charge in [0.05, 0.1) is 6.54 Å². The van der Waals surface area contributed by atoms with E-state index >= 15 is 0 Å². The molecule has 1 aliphatic carbocycles. The standard InChI is InChI=1S/C15H29N3O3/c1-10(2)8-17-13(19)9-16-11-6-12(7-11)18-14(20)21-15(3,4)5/h10-12,16H,6-9H2,1-5H3,(H,17,19)(H,18,20). The number of alkyl carbamates (subject to hydrolysis) is 1. The van der Waals surface area contributed by atoms with Gasteiger partial charge < -0.3 is 20.7 Å². The van der Waals surface area contributed by atoms with E-state index in [1.807, 2.05) is 20.8 Å². The van der Waals surface area contributed by atoms with Crippen LogP contribution < -0.4 is 16.0 Å². The van der Waals surface area contributed by atoms with Gasteiger partial charge in [0.15, 0.2) is 0 Å². The van der Waals surface area contributed by atoms with Crippen molar-refractivity contribution in [3.05, 3.63) is 0 Å². The van der Waals surface area contributed by atoms with Gasteiger partial charge in [-0.2, -0.15) is 0 Å². The molecule has 3 N–H and O–H groups in total. The van der Waals surface area contributed by atoms with Gasteiger partial charge in [-0.15, -0.1) is 0 Å². The van der Waals surface area contributed by atoms with Gasteiger partial charge in [-0.3, -0.25) is 4.79 Å². The lowest BCUT2D eigenvalue weighted by Gasteiger charge is -2.36. The zero-order chi connectivity index (χ0) is 16.0. The number of hydrogen-bond acceptors (Lipinski definition) is 4. The molecule has 21 heavy (non-hydrogen) atoms. The molecule has 122 valence electrons. The first-order valence-electron chi connectivity index (χ1n) is 7.65. The molecule has 0 aromatic rings. The van der Waals surface area contributed by atoms with Crippen LogP contribution in [-0.2, 0) is 9.53 Å². The Balaban J connectivity index is 2.08. The molecule has 6 nitrogen and oxygen atoms in total. The third-order valence-electron chi connectivity index (χ3n) is 3.12. The molecule has 1 rings (SSSR count). The Morgan fingerprint density at radius 2 is 1.81 bits per heavy atom. The van der Waals surface area contributed by atoms with E-state index in [0.717, 1.165) is 12.8 Å². The van der Waals surface area contributed by atoms with Crippen LogP contribution in [0.25, 0.3) is 0 Å². The molecule has 0 saturated heterocycles. The highest BCUT2D eigenvalue weighted by Gasteiger charge is 2.31. The molecule has 0 aliphatic heterocycles. The molecular formula is C15H29N3O3. The number of rotatable bonds is 6. The molecule has 0 atom stereocenters. The zero-order valence-corrected chi connectivity index (χ0v) is 13.8. The maximum atomic E-state index is 11.6. The normalized spacial score (nSPS) is 21.6. The molecule has 0 spiro atoms. The van der Waals surface area contributed by atoms with Crippen LogP contribution >= 0.6 is 0 Å². The molecule has 0 radical (unpaired) electrons. The summed E-state index contributed by atoms with van der Waals surface area (Å²) >= 11 is 0. The fraction of sp³-hybridized carbons (Fsp3) is 0.867. The quantitative estimate of drug-likeness (QED) is 0.693. The molecule has 6 heteroatoms. The van der Waals surface area contributed by atoms with Crippen LogP contribution in [0.4, 0.5) is 4.79 Å².